The lowest BCUT2D eigenvalue weighted by Crippen LogP contribution is -2.24. The van der Waals surface area contributed by atoms with Crippen LogP contribution in [-0.4, -0.2) is 13.1 Å². The summed E-state index contributed by atoms with van der Waals surface area (Å²) in [5.41, 5.74) is 0. The average Bonchev–Trinajstić information content (AvgIpc) is 2.33. The minimum atomic E-state index is -0.0487. The van der Waals surface area contributed by atoms with Gasteiger partial charge in [-0.1, -0.05) is 32.4 Å². The van der Waals surface area contributed by atoms with Crippen LogP contribution in [0.5, 0.6) is 0 Å². The molecule has 0 radical (unpaired) electrons. The van der Waals surface area contributed by atoms with Gasteiger partial charge in [0.05, 0.1) is 7.11 Å². The molecule has 0 aliphatic heterocycles. The van der Waals surface area contributed by atoms with E-state index in [0.29, 0.717) is 12.3 Å². The van der Waals surface area contributed by atoms with E-state index >= 15 is 0 Å². The predicted molar refractivity (Wildman–Crippen MR) is 70.7 cm³/mol. The van der Waals surface area contributed by atoms with E-state index in [0.717, 1.165) is 18.3 Å². The van der Waals surface area contributed by atoms with Gasteiger partial charge in [-0.15, -0.1) is 0 Å². The smallest absolute Gasteiger partial charge is 0.305 e. The van der Waals surface area contributed by atoms with E-state index in [4.69, 9.17) is 4.74 Å². The van der Waals surface area contributed by atoms with Crippen molar-refractivity contribution < 1.29 is 9.53 Å². The highest BCUT2D eigenvalue weighted by molar-refractivity contribution is 5.69. The molecule has 3 atom stereocenters. The monoisotopic (exact) mass is 238 g/mol. The maximum Gasteiger partial charge on any atom is 0.305 e. The first kappa shape index (κ1) is 14.3. The molecule has 2 heteroatoms. The molecule has 0 aromatic rings. The van der Waals surface area contributed by atoms with Crippen LogP contribution >= 0.6 is 0 Å². The fraction of sp³-hybridized carbons (Fsp3) is 0.800. The first-order valence-corrected chi connectivity index (χ1v) is 6.89. The lowest BCUT2D eigenvalue weighted by molar-refractivity contribution is -0.142. The van der Waals surface area contributed by atoms with Gasteiger partial charge in [-0.05, 0) is 43.4 Å². The number of carbonyl (C=O) groups excluding carboxylic acids is 1. The molecule has 3 unspecified atom stereocenters. The second-order valence-electron chi connectivity index (χ2n) is 5.31. The van der Waals surface area contributed by atoms with Gasteiger partial charge in [-0.3, -0.25) is 4.79 Å². The van der Waals surface area contributed by atoms with E-state index in [-0.39, 0.29) is 5.97 Å². The highest BCUT2D eigenvalue weighted by Crippen LogP contribution is 2.37. The van der Waals surface area contributed by atoms with Gasteiger partial charge >= 0.3 is 5.97 Å². The largest absolute Gasteiger partial charge is 0.469 e. The van der Waals surface area contributed by atoms with Gasteiger partial charge in [0, 0.05) is 6.42 Å². The molecule has 0 spiro atoms. The lowest BCUT2D eigenvalue weighted by atomic mass is 9.72. The van der Waals surface area contributed by atoms with Crippen molar-refractivity contribution in [3.63, 3.8) is 0 Å². The summed E-state index contributed by atoms with van der Waals surface area (Å²) >= 11 is 0. The van der Waals surface area contributed by atoms with Crippen LogP contribution in [0.4, 0.5) is 0 Å². The molecular weight excluding hydrogens is 212 g/mol. The van der Waals surface area contributed by atoms with Crippen LogP contribution in [0.1, 0.15) is 52.4 Å². The van der Waals surface area contributed by atoms with Gasteiger partial charge in [0.25, 0.3) is 0 Å². The summed E-state index contributed by atoms with van der Waals surface area (Å²) in [4.78, 5) is 11.3. The van der Waals surface area contributed by atoms with Crippen LogP contribution in [0, 0.1) is 17.8 Å². The zero-order valence-electron chi connectivity index (χ0n) is 11.4. The molecule has 0 amide bonds. The number of hydrogen-bond donors (Lipinski definition) is 0. The van der Waals surface area contributed by atoms with E-state index in [1.54, 1.807) is 0 Å². The van der Waals surface area contributed by atoms with E-state index in [9.17, 15) is 4.79 Å². The lowest BCUT2D eigenvalue weighted by Gasteiger charge is -2.33. The Morgan fingerprint density at radius 1 is 1.35 bits per heavy atom. The molecule has 0 aromatic carbocycles. The zero-order chi connectivity index (χ0) is 12.7. The maximum absolute atomic E-state index is 11.3. The first-order chi connectivity index (χ1) is 8.17. The molecule has 0 bridgehead atoms. The summed E-state index contributed by atoms with van der Waals surface area (Å²) in [5.74, 6) is 2.04. The summed E-state index contributed by atoms with van der Waals surface area (Å²) in [6.07, 6.45) is 11.1. The van der Waals surface area contributed by atoms with Crippen molar-refractivity contribution in [3.8, 4) is 0 Å². The normalized spacial score (nSPS) is 29.5. The zero-order valence-corrected chi connectivity index (χ0v) is 11.4. The Hall–Kier alpha value is -0.790. The van der Waals surface area contributed by atoms with Gasteiger partial charge in [0.15, 0.2) is 0 Å². The Balaban J connectivity index is 2.41. The molecule has 0 N–H and O–H groups in total. The summed E-state index contributed by atoms with van der Waals surface area (Å²) in [6, 6.07) is 0. The SMILES string of the molecule is CC/C=C\CC1CC(CC(=O)OC)CCC1C. The summed E-state index contributed by atoms with van der Waals surface area (Å²) < 4.78 is 4.76. The van der Waals surface area contributed by atoms with Crippen LogP contribution < -0.4 is 0 Å². The molecule has 1 saturated carbocycles. The molecular formula is C15H26O2. The Labute approximate surface area is 105 Å². The van der Waals surface area contributed by atoms with Gasteiger partial charge in [0.1, 0.15) is 0 Å². The molecule has 1 fully saturated rings. The fourth-order valence-corrected chi connectivity index (χ4v) is 2.78. The van der Waals surface area contributed by atoms with E-state index in [2.05, 4.69) is 26.0 Å². The number of esters is 1. The quantitative estimate of drug-likeness (QED) is 0.535. The third-order valence-corrected chi connectivity index (χ3v) is 4.00. The van der Waals surface area contributed by atoms with Crippen LogP contribution in [0.3, 0.4) is 0 Å². The van der Waals surface area contributed by atoms with Crippen molar-refractivity contribution in [2.24, 2.45) is 17.8 Å². The van der Waals surface area contributed by atoms with Crippen molar-refractivity contribution in [1.29, 1.82) is 0 Å². The molecule has 0 saturated heterocycles. The second kappa shape index (κ2) is 7.52. The summed E-state index contributed by atoms with van der Waals surface area (Å²) in [6.45, 7) is 4.51. The van der Waals surface area contributed by atoms with Crippen molar-refractivity contribution in [3.05, 3.63) is 12.2 Å². The molecule has 1 aliphatic rings. The number of carbonyl (C=O) groups is 1. The number of hydrogen-bond acceptors (Lipinski definition) is 2. The average molecular weight is 238 g/mol. The number of methoxy groups -OCH3 is 1. The maximum atomic E-state index is 11.3. The highest BCUT2D eigenvalue weighted by Gasteiger charge is 2.28. The van der Waals surface area contributed by atoms with E-state index in [1.807, 2.05) is 0 Å². The number of rotatable bonds is 5. The second-order valence-corrected chi connectivity index (χ2v) is 5.31. The van der Waals surface area contributed by atoms with Crippen molar-refractivity contribution >= 4 is 5.97 Å². The fourth-order valence-electron chi connectivity index (χ4n) is 2.78. The predicted octanol–water partition coefficient (Wildman–Crippen LogP) is 3.96. The van der Waals surface area contributed by atoms with Gasteiger partial charge in [0.2, 0.25) is 0 Å². The minimum absolute atomic E-state index is 0.0487. The summed E-state index contributed by atoms with van der Waals surface area (Å²) in [5, 5.41) is 0. The Morgan fingerprint density at radius 3 is 2.76 bits per heavy atom. The Morgan fingerprint density at radius 2 is 2.12 bits per heavy atom. The van der Waals surface area contributed by atoms with Crippen LogP contribution in [-0.2, 0) is 9.53 Å². The van der Waals surface area contributed by atoms with Crippen molar-refractivity contribution in [2.45, 2.75) is 52.4 Å². The molecule has 0 heterocycles. The van der Waals surface area contributed by atoms with Crippen LogP contribution in [0.2, 0.25) is 0 Å². The molecule has 98 valence electrons. The van der Waals surface area contributed by atoms with Crippen molar-refractivity contribution in [2.75, 3.05) is 7.11 Å². The molecule has 1 aliphatic carbocycles. The third-order valence-electron chi connectivity index (χ3n) is 4.00. The topological polar surface area (TPSA) is 26.3 Å². The van der Waals surface area contributed by atoms with Crippen LogP contribution in [0.15, 0.2) is 12.2 Å². The molecule has 1 rings (SSSR count). The highest BCUT2D eigenvalue weighted by atomic mass is 16.5. The van der Waals surface area contributed by atoms with Crippen LogP contribution in [0.25, 0.3) is 0 Å². The third kappa shape index (κ3) is 4.93. The van der Waals surface area contributed by atoms with Crippen molar-refractivity contribution in [1.82, 2.24) is 0 Å². The van der Waals surface area contributed by atoms with Gasteiger partial charge < -0.3 is 4.74 Å². The molecule has 2 nitrogen and oxygen atoms in total. The van der Waals surface area contributed by atoms with Gasteiger partial charge in [-0.2, -0.15) is 0 Å². The standard InChI is InChI=1S/C15H26O2/c1-4-5-6-7-14-10-13(9-8-12(14)2)11-15(16)17-3/h5-6,12-14H,4,7-11H2,1-3H3/b6-5-. The minimum Gasteiger partial charge on any atom is -0.469 e. The van der Waals surface area contributed by atoms with E-state index in [1.165, 1.54) is 32.8 Å². The first-order valence-electron chi connectivity index (χ1n) is 6.89. The molecule has 0 aromatic heterocycles. The number of allylic oxidation sites excluding steroid dienone is 2. The van der Waals surface area contributed by atoms with Gasteiger partial charge in [-0.25, -0.2) is 0 Å². The number of ether oxygens (including phenoxy) is 1. The van der Waals surface area contributed by atoms with E-state index < -0.39 is 0 Å². The molecule has 17 heavy (non-hydrogen) atoms. The Kier molecular flexibility index (Phi) is 6.31. The summed E-state index contributed by atoms with van der Waals surface area (Å²) in [7, 11) is 1.48. The Bertz CT molecular complexity index is 258.